The molecule has 3 aromatic rings. The maximum Gasteiger partial charge on any atom is 0.416 e. The third-order valence-electron chi connectivity index (χ3n) is 5.24. The molecule has 1 saturated carbocycles. The summed E-state index contributed by atoms with van der Waals surface area (Å²) in [5, 5.41) is 9.29. The van der Waals surface area contributed by atoms with E-state index in [0.29, 0.717) is 11.1 Å². The summed E-state index contributed by atoms with van der Waals surface area (Å²) in [5.74, 6) is -1.33. The van der Waals surface area contributed by atoms with Gasteiger partial charge in [-0.3, -0.25) is 4.72 Å². The van der Waals surface area contributed by atoms with Gasteiger partial charge in [-0.2, -0.15) is 13.2 Å². The van der Waals surface area contributed by atoms with E-state index in [0.717, 1.165) is 31.0 Å². The molecular weight excluding hydrogens is 443 g/mol. The summed E-state index contributed by atoms with van der Waals surface area (Å²) in [5.41, 5.74) is -0.215. The molecule has 0 atom stereocenters. The minimum atomic E-state index is -4.67. The van der Waals surface area contributed by atoms with Crippen molar-refractivity contribution in [3.63, 3.8) is 0 Å². The van der Waals surface area contributed by atoms with Crippen LogP contribution in [0.25, 0.3) is 11.1 Å². The molecule has 9 heteroatoms. The lowest BCUT2D eigenvalue weighted by Crippen LogP contribution is -2.17. The Morgan fingerprint density at radius 1 is 0.969 bits per heavy atom. The van der Waals surface area contributed by atoms with Gasteiger partial charge in [0.05, 0.1) is 21.7 Å². The number of anilines is 1. The van der Waals surface area contributed by atoms with E-state index in [1.54, 1.807) is 30.3 Å². The quantitative estimate of drug-likeness (QED) is 0.490. The van der Waals surface area contributed by atoms with Crippen LogP contribution < -0.4 is 4.72 Å². The Kier molecular flexibility index (Phi) is 5.46. The van der Waals surface area contributed by atoms with Gasteiger partial charge in [-0.25, -0.2) is 13.2 Å². The first-order chi connectivity index (χ1) is 15.1. The summed E-state index contributed by atoms with van der Waals surface area (Å²) in [7, 11) is -4.38. The second-order valence-corrected chi connectivity index (χ2v) is 9.21. The van der Waals surface area contributed by atoms with E-state index < -0.39 is 27.7 Å². The predicted molar refractivity (Wildman–Crippen MR) is 113 cm³/mol. The SMILES string of the molecule is O=C(O)c1ccc(C2CC2)c(S(=O)(=O)Nc2cc(C(F)(F)F)ccc2-c2ccccc2)c1. The van der Waals surface area contributed by atoms with Gasteiger partial charge in [-0.05, 0) is 54.2 Å². The van der Waals surface area contributed by atoms with Crippen molar-refractivity contribution in [2.75, 3.05) is 4.72 Å². The molecule has 0 spiro atoms. The molecular formula is C23H18F3NO4S. The molecule has 1 aliphatic rings. The molecule has 0 unspecified atom stereocenters. The molecule has 0 aliphatic heterocycles. The molecule has 1 fully saturated rings. The molecule has 2 N–H and O–H groups in total. The molecule has 0 radical (unpaired) electrons. The first kappa shape index (κ1) is 21.9. The Balaban J connectivity index is 1.84. The van der Waals surface area contributed by atoms with Gasteiger partial charge in [0.25, 0.3) is 10.0 Å². The summed E-state index contributed by atoms with van der Waals surface area (Å²) >= 11 is 0. The Bertz CT molecular complexity index is 1280. The highest BCUT2D eigenvalue weighted by molar-refractivity contribution is 7.92. The molecule has 0 saturated heterocycles. The molecule has 0 aromatic heterocycles. The molecule has 1 aliphatic carbocycles. The maximum absolute atomic E-state index is 13.3. The van der Waals surface area contributed by atoms with E-state index >= 15 is 0 Å². The highest BCUT2D eigenvalue weighted by Crippen LogP contribution is 2.44. The number of carboxylic acids is 1. The second kappa shape index (κ2) is 7.98. The zero-order valence-corrected chi connectivity index (χ0v) is 17.4. The maximum atomic E-state index is 13.3. The van der Waals surface area contributed by atoms with Crippen LogP contribution in [0.2, 0.25) is 0 Å². The molecule has 5 nitrogen and oxygen atoms in total. The largest absolute Gasteiger partial charge is 0.478 e. The van der Waals surface area contributed by atoms with Gasteiger partial charge in [0.1, 0.15) is 0 Å². The molecule has 0 bridgehead atoms. The number of carboxylic acid groups (broad SMARTS) is 1. The number of benzene rings is 3. The monoisotopic (exact) mass is 461 g/mol. The highest BCUT2D eigenvalue weighted by atomic mass is 32.2. The topological polar surface area (TPSA) is 83.5 Å². The van der Waals surface area contributed by atoms with E-state index in [9.17, 15) is 31.5 Å². The average molecular weight is 461 g/mol. The minimum Gasteiger partial charge on any atom is -0.478 e. The van der Waals surface area contributed by atoms with Crippen molar-refractivity contribution >= 4 is 21.7 Å². The zero-order chi connectivity index (χ0) is 23.1. The number of hydrogen-bond acceptors (Lipinski definition) is 3. The van der Waals surface area contributed by atoms with Gasteiger partial charge < -0.3 is 5.11 Å². The van der Waals surface area contributed by atoms with Crippen molar-refractivity contribution in [3.8, 4) is 11.1 Å². The smallest absolute Gasteiger partial charge is 0.416 e. The van der Waals surface area contributed by atoms with E-state index in [2.05, 4.69) is 4.72 Å². The van der Waals surface area contributed by atoms with E-state index in [1.165, 1.54) is 18.2 Å². The van der Waals surface area contributed by atoms with Crippen LogP contribution in [0.1, 0.15) is 40.2 Å². The first-order valence-electron chi connectivity index (χ1n) is 9.73. The highest BCUT2D eigenvalue weighted by Gasteiger charge is 2.34. The summed E-state index contributed by atoms with van der Waals surface area (Å²) in [6, 6.07) is 15.1. The predicted octanol–water partition coefficient (Wildman–Crippen LogP) is 5.75. The van der Waals surface area contributed by atoms with Gasteiger partial charge in [0.15, 0.2) is 0 Å². The lowest BCUT2D eigenvalue weighted by molar-refractivity contribution is -0.137. The third kappa shape index (κ3) is 4.47. The molecule has 32 heavy (non-hydrogen) atoms. The third-order valence-corrected chi connectivity index (χ3v) is 6.66. The van der Waals surface area contributed by atoms with Crippen LogP contribution in [0.3, 0.4) is 0 Å². The molecule has 0 heterocycles. The van der Waals surface area contributed by atoms with Crippen LogP contribution in [0.4, 0.5) is 18.9 Å². The van der Waals surface area contributed by atoms with E-state index in [1.807, 2.05) is 0 Å². The standard InChI is InChI=1S/C23H18F3NO4S/c24-23(25,26)17-9-11-18(14-4-2-1-3-5-14)20(13-17)27-32(30,31)21-12-16(22(28)29)8-10-19(21)15-6-7-15/h1-5,8-13,15,27H,6-7H2,(H,28,29). The normalized spacial score (nSPS) is 14.2. The Morgan fingerprint density at radius 3 is 2.25 bits per heavy atom. The molecule has 4 rings (SSSR count). The number of halogens is 3. The summed E-state index contributed by atoms with van der Waals surface area (Å²) in [6.07, 6.45) is -3.15. The van der Waals surface area contributed by atoms with Crippen molar-refractivity contribution in [2.24, 2.45) is 0 Å². The van der Waals surface area contributed by atoms with Gasteiger partial charge in [-0.15, -0.1) is 0 Å². The fourth-order valence-corrected chi connectivity index (χ4v) is 4.90. The summed E-state index contributed by atoms with van der Waals surface area (Å²) < 4.78 is 68.9. The van der Waals surface area contributed by atoms with E-state index in [4.69, 9.17) is 0 Å². The van der Waals surface area contributed by atoms with Crippen molar-refractivity contribution in [2.45, 2.75) is 29.8 Å². The van der Waals surface area contributed by atoms with Gasteiger partial charge in [0, 0.05) is 5.56 Å². The number of alkyl halides is 3. The van der Waals surface area contributed by atoms with Crippen LogP contribution in [0.5, 0.6) is 0 Å². The number of aromatic carboxylic acids is 1. The lowest BCUT2D eigenvalue weighted by atomic mass is 10.0. The summed E-state index contributed by atoms with van der Waals surface area (Å²) in [4.78, 5) is 11.1. The fourth-order valence-electron chi connectivity index (χ4n) is 3.51. The first-order valence-corrected chi connectivity index (χ1v) is 11.2. The summed E-state index contributed by atoms with van der Waals surface area (Å²) in [6.45, 7) is 0. The number of sulfonamides is 1. The van der Waals surface area contributed by atoms with Crippen LogP contribution >= 0.6 is 0 Å². The Morgan fingerprint density at radius 2 is 1.66 bits per heavy atom. The molecule has 3 aromatic carbocycles. The Hall–Kier alpha value is -3.33. The fraction of sp³-hybridized carbons (Fsp3) is 0.174. The zero-order valence-electron chi connectivity index (χ0n) is 16.6. The minimum absolute atomic E-state index is 0.0282. The van der Waals surface area contributed by atoms with Gasteiger partial charge in [-0.1, -0.05) is 42.5 Å². The molecule has 166 valence electrons. The van der Waals surface area contributed by atoms with Crippen molar-refractivity contribution < 1.29 is 31.5 Å². The number of carbonyl (C=O) groups is 1. The van der Waals surface area contributed by atoms with Crippen molar-refractivity contribution in [3.05, 3.63) is 83.4 Å². The van der Waals surface area contributed by atoms with Gasteiger partial charge >= 0.3 is 12.1 Å². The van der Waals surface area contributed by atoms with Crippen LogP contribution in [0.15, 0.2) is 71.6 Å². The Labute approximate surface area is 182 Å². The average Bonchev–Trinajstić information content (AvgIpc) is 3.58. The molecule has 0 amide bonds. The lowest BCUT2D eigenvalue weighted by Gasteiger charge is -2.17. The van der Waals surface area contributed by atoms with Crippen LogP contribution in [-0.4, -0.2) is 19.5 Å². The number of hydrogen-bond donors (Lipinski definition) is 2. The number of nitrogens with one attached hydrogen (secondary N) is 1. The van der Waals surface area contributed by atoms with Crippen LogP contribution in [-0.2, 0) is 16.2 Å². The van der Waals surface area contributed by atoms with Crippen LogP contribution in [0, 0.1) is 0 Å². The number of rotatable bonds is 6. The van der Waals surface area contributed by atoms with Crippen molar-refractivity contribution in [1.29, 1.82) is 0 Å². The second-order valence-electron chi connectivity index (χ2n) is 7.56. The van der Waals surface area contributed by atoms with Gasteiger partial charge in [0.2, 0.25) is 0 Å². The van der Waals surface area contributed by atoms with E-state index in [-0.39, 0.29) is 27.6 Å². The van der Waals surface area contributed by atoms with Crippen molar-refractivity contribution in [1.82, 2.24) is 0 Å².